The van der Waals surface area contributed by atoms with Crippen LogP contribution in [0.1, 0.15) is 30.7 Å². The molecular formula is C10H13N3O2S. The lowest BCUT2D eigenvalue weighted by Gasteiger charge is -2.24. The van der Waals surface area contributed by atoms with Gasteiger partial charge in [-0.25, -0.2) is 0 Å². The highest BCUT2D eigenvalue weighted by Gasteiger charge is 2.27. The Labute approximate surface area is 97.3 Å². The number of nitrogens with one attached hydrogen (secondary N) is 2. The number of thiazole rings is 1. The molecular weight excluding hydrogens is 226 g/mol. The van der Waals surface area contributed by atoms with Gasteiger partial charge in [-0.2, -0.15) is 0 Å². The van der Waals surface area contributed by atoms with Crippen molar-refractivity contribution in [1.29, 1.82) is 0 Å². The second-order valence-corrected chi connectivity index (χ2v) is 4.71. The summed E-state index contributed by atoms with van der Waals surface area (Å²) in [6.45, 7) is 1.98. The number of amides is 2. The Morgan fingerprint density at radius 1 is 1.62 bits per heavy atom. The normalized spacial score (nSPS) is 22.9. The van der Waals surface area contributed by atoms with E-state index in [1.54, 1.807) is 23.0 Å². The highest BCUT2D eigenvalue weighted by molar-refractivity contribution is 7.09. The van der Waals surface area contributed by atoms with Crippen molar-refractivity contribution >= 4 is 23.2 Å². The Morgan fingerprint density at radius 2 is 2.44 bits per heavy atom. The van der Waals surface area contributed by atoms with Gasteiger partial charge in [0.1, 0.15) is 0 Å². The van der Waals surface area contributed by atoms with Crippen molar-refractivity contribution in [2.45, 2.75) is 31.8 Å². The molecule has 2 N–H and O–H groups in total. The molecule has 5 nitrogen and oxygen atoms in total. The molecule has 0 bridgehead atoms. The summed E-state index contributed by atoms with van der Waals surface area (Å²) in [5.41, 5.74) is 1.76. The topological polar surface area (TPSA) is 71.1 Å². The molecule has 86 valence electrons. The van der Waals surface area contributed by atoms with E-state index in [1.165, 1.54) is 0 Å². The van der Waals surface area contributed by atoms with Crippen molar-refractivity contribution in [3.63, 3.8) is 0 Å². The van der Waals surface area contributed by atoms with Crippen LogP contribution in [0.2, 0.25) is 0 Å². The summed E-state index contributed by atoms with van der Waals surface area (Å²) in [5, 5.41) is 5.53. The summed E-state index contributed by atoms with van der Waals surface area (Å²) in [7, 11) is 0. The second kappa shape index (κ2) is 4.71. The van der Waals surface area contributed by atoms with E-state index in [9.17, 15) is 9.59 Å². The Balaban J connectivity index is 1.95. The number of aromatic nitrogens is 1. The van der Waals surface area contributed by atoms with Gasteiger partial charge in [0.15, 0.2) is 0 Å². The molecule has 2 amide bonds. The summed E-state index contributed by atoms with van der Waals surface area (Å²) >= 11 is 1.55. The Morgan fingerprint density at radius 3 is 3.06 bits per heavy atom. The van der Waals surface area contributed by atoms with Crippen LogP contribution < -0.4 is 10.6 Å². The molecule has 2 atom stereocenters. The fraction of sp³-hybridized carbons (Fsp3) is 0.500. The highest BCUT2D eigenvalue weighted by atomic mass is 32.1. The average molecular weight is 239 g/mol. The molecule has 16 heavy (non-hydrogen) atoms. The number of piperidine rings is 1. The Hall–Kier alpha value is -1.27. The minimum absolute atomic E-state index is 0.0800. The van der Waals surface area contributed by atoms with Crippen LogP contribution in [0.15, 0.2) is 11.7 Å². The molecule has 1 fully saturated rings. The van der Waals surface area contributed by atoms with E-state index in [2.05, 4.69) is 15.6 Å². The van der Waals surface area contributed by atoms with E-state index in [0.717, 1.165) is 4.88 Å². The zero-order chi connectivity index (χ0) is 11.5. The summed E-state index contributed by atoms with van der Waals surface area (Å²) in [5.74, 6) is -0.416. The van der Waals surface area contributed by atoms with Crippen molar-refractivity contribution in [3.05, 3.63) is 16.6 Å². The zero-order valence-electron chi connectivity index (χ0n) is 8.90. The molecule has 2 heterocycles. The standard InChI is InChI=1S/C10H13N3O2S/c1-6(8-4-11-5-16-8)12-7-2-3-9(14)13-10(7)15/h4-7,12H,2-3H2,1H3,(H,13,14,15). The quantitative estimate of drug-likeness (QED) is 0.758. The van der Waals surface area contributed by atoms with Gasteiger partial charge in [-0.1, -0.05) is 0 Å². The van der Waals surface area contributed by atoms with Gasteiger partial charge in [0.05, 0.1) is 11.6 Å². The summed E-state index contributed by atoms with van der Waals surface area (Å²) in [6.07, 6.45) is 2.75. The minimum atomic E-state index is -0.283. The summed E-state index contributed by atoms with van der Waals surface area (Å²) in [4.78, 5) is 27.5. The number of nitrogens with zero attached hydrogens (tertiary/aromatic N) is 1. The van der Waals surface area contributed by atoms with E-state index in [0.29, 0.717) is 12.8 Å². The molecule has 6 heteroatoms. The Kier molecular flexibility index (Phi) is 3.31. The fourth-order valence-corrected chi connectivity index (χ4v) is 2.31. The first kappa shape index (κ1) is 11.2. The minimum Gasteiger partial charge on any atom is -0.298 e. The Bertz CT molecular complexity index is 391. The average Bonchev–Trinajstić information content (AvgIpc) is 2.75. The van der Waals surface area contributed by atoms with Gasteiger partial charge < -0.3 is 0 Å². The lowest BCUT2D eigenvalue weighted by molar-refractivity contribution is -0.134. The molecule has 0 radical (unpaired) electrons. The van der Waals surface area contributed by atoms with E-state index in [-0.39, 0.29) is 23.9 Å². The number of carbonyl (C=O) groups excluding carboxylic acids is 2. The fourth-order valence-electron chi connectivity index (χ4n) is 1.68. The maximum atomic E-state index is 11.5. The zero-order valence-corrected chi connectivity index (χ0v) is 9.71. The predicted molar refractivity (Wildman–Crippen MR) is 59.8 cm³/mol. The van der Waals surface area contributed by atoms with Gasteiger partial charge in [-0.05, 0) is 13.3 Å². The number of hydrogen-bond acceptors (Lipinski definition) is 5. The first-order valence-corrected chi connectivity index (χ1v) is 6.03. The van der Waals surface area contributed by atoms with E-state index in [1.807, 2.05) is 6.92 Å². The van der Waals surface area contributed by atoms with E-state index in [4.69, 9.17) is 0 Å². The van der Waals surface area contributed by atoms with Crippen LogP contribution in [0.25, 0.3) is 0 Å². The lowest BCUT2D eigenvalue weighted by Crippen LogP contribution is -2.51. The van der Waals surface area contributed by atoms with Crippen LogP contribution in [0.4, 0.5) is 0 Å². The van der Waals surface area contributed by atoms with Crippen LogP contribution in [0, 0.1) is 0 Å². The van der Waals surface area contributed by atoms with Crippen LogP contribution in [0.5, 0.6) is 0 Å². The highest BCUT2D eigenvalue weighted by Crippen LogP contribution is 2.18. The third kappa shape index (κ3) is 2.45. The van der Waals surface area contributed by atoms with Gasteiger partial charge in [-0.3, -0.25) is 25.2 Å². The second-order valence-electron chi connectivity index (χ2n) is 3.80. The molecule has 1 aromatic heterocycles. The summed E-state index contributed by atoms with van der Waals surface area (Å²) in [6, 6.07) is -0.203. The third-order valence-corrected chi connectivity index (χ3v) is 3.53. The molecule has 2 unspecified atom stereocenters. The van der Waals surface area contributed by atoms with E-state index >= 15 is 0 Å². The SMILES string of the molecule is CC(NC1CCC(=O)NC1=O)c1cncs1. The van der Waals surface area contributed by atoms with E-state index < -0.39 is 0 Å². The first-order chi connectivity index (χ1) is 7.66. The molecule has 0 spiro atoms. The van der Waals surface area contributed by atoms with Crippen molar-refractivity contribution in [3.8, 4) is 0 Å². The molecule has 2 rings (SSSR count). The number of hydrogen-bond donors (Lipinski definition) is 2. The van der Waals surface area contributed by atoms with Crippen molar-refractivity contribution < 1.29 is 9.59 Å². The smallest absolute Gasteiger partial charge is 0.243 e. The molecule has 0 saturated carbocycles. The van der Waals surface area contributed by atoms with Gasteiger partial charge >= 0.3 is 0 Å². The van der Waals surface area contributed by atoms with Gasteiger partial charge in [0.2, 0.25) is 11.8 Å². The molecule has 1 aliphatic heterocycles. The largest absolute Gasteiger partial charge is 0.298 e. The van der Waals surface area contributed by atoms with Gasteiger partial charge in [0.25, 0.3) is 0 Å². The van der Waals surface area contributed by atoms with Gasteiger partial charge in [0, 0.05) is 23.5 Å². The van der Waals surface area contributed by atoms with Gasteiger partial charge in [-0.15, -0.1) is 11.3 Å². The molecule has 1 aliphatic rings. The molecule has 1 aromatic rings. The number of rotatable bonds is 3. The first-order valence-electron chi connectivity index (χ1n) is 5.15. The third-order valence-electron chi connectivity index (χ3n) is 2.57. The maximum Gasteiger partial charge on any atom is 0.243 e. The van der Waals surface area contributed by atoms with Crippen LogP contribution in [-0.2, 0) is 9.59 Å². The lowest BCUT2D eigenvalue weighted by atomic mass is 10.1. The van der Waals surface area contributed by atoms with Crippen LogP contribution in [-0.4, -0.2) is 22.8 Å². The predicted octanol–water partition coefficient (Wildman–Crippen LogP) is 0.599. The van der Waals surface area contributed by atoms with Crippen LogP contribution >= 0.6 is 11.3 Å². The summed E-state index contributed by atoms with van der Waals surface area (Å²) < 4.78 is 0. The molecule has 0 aromatic carbocycles. The molecule has 0 aliphatic carbocycles. The van der Waals surface area contributed by atoms with Crippen molar-refractivity contribution in [2.24, 2.45) is 0 Å². The monoisotopic (exact) mass is 239 g/mol. The number of imide groups is 1. The van der Waals surface area contributed by atoms with Crippen molar-refractivity contribution in [2.75, 3.05) is 0 Å². The number of carbonyl (C=O) groups is 2. The van der Waals surface area contributed by atoms with Crippen LogP contribution in [0.3, 0.4) is 0 Å². The van der Waals surface area contributed by atoms with Crippen molar-refractivity contribution in [1.82, 2.24) is 15.6 Å². The maximum absolute atomic E-state index is 11.5. The molecule has 1 saturated heterocycles.